The number of thiophene rings is 1. The number of ether oxygens (including phenoxy) is 2. The van der Waals surface area contributed by atoms with E-state index in [9.17, 15) is 8.42 Å². The van der Waals surface area contributed by atoms with Gasteiger partial charge in [-0.1, -0.05) is 0 Å². The van der Waals surface area contributed by atoms with Gasteiger partial charge in [0.05, 0.1) is 12.7 Å². The molecule has 19 heavy (non-hydrogen) atoms. The third kappa shape index (κ3) is 4.23. The lowest BCUT2D eigenvalue weighted by Gasteiger charge is -2.15. The van der Waals surface area contributed by atoms with Crippen LogP contribution in [0.15, 0.2) is 10.3 Å². The minimum atomic E-state index is -3.57. The van der Waals surface area contributed by atoms with Crippen molar-refractivity contribution in [3.8, 4) is 0 Å². The predicted octanol–water partition coefficient (Wildman–Crippen LogP) is 0.455. The van der Waals surface area contributed by atoms with Crippen LogP contribution in [-0.4, -0.2) is 41.9 Å². The fourth-order valence-corrected chi connectivity index (χ4v) is 4.42. The van der Waals surface area contributed by atoms with Crippen molar-refractivity contribution in [3.05, 3.63) is 15.8 Å². The van der Waals surface area contributed by atoms with Crippen LogP contribution in [-0.2, 0) is 26.0 Å². The largest absolute Gasteiger partial charge is 0.382 e. The predicted molar refractivity (Wildman–Crippen MR) is 74.8 cm³/mol. The summed E-state index contributed by atoms with van der Waals surface area (Å²) >= 11 is 1.35. The zero-order valence-corrected chi connectivity index (χ0v) is 12.9. The van der Waals surface area contributed by atoms with Crippen molar-refractivity contribution in [1.29, 1.82) is 0 Å². The maximum Gasteiger partial charge on any atom is 0.242 e. The third-order valence-electron chi connectivity index (χ3n) is 2.63. The Morgan fingerprint density at radius 3 is 2.68 bits per heavy atom. The lowest BCUT2D eigenvalue weighted by molar-refractivity contribution is 0.0320. The quantitative estimate of drug-likeness (QED) is 0.728. The summed E-state index contributed by atoms with van der Waals surface area (Å²) in [5.41, 5.74) is 6.27. The van der Waals surface area contributed by atoms with Crippen molar-refractivity contribution in [2.75, 3.05) is 27.4 Å². The molecular formula is C11H20N2O4S2. The molecule has 1 unspecified atom stereocenters. The van der Waals surface area contributed by atoms with Crippen molar-refractivity contribution in [3.63, 3.8) is 0 Å². The van der Waals surface area contributed by atoms with Crippen LogP contribution in [0, 0.1) is 6.92 Å². The topological polar surface area (TPSA) is 90.7 Å². The molecular weight excluding hydrogens is 288 g/mol. The molecule has 1 aromatic rings. The molecule has 1 heterocycles. The van der Waals surface area contributed by atoms with E-state index in [0.717, 1.165) is 0 Å². The van der Waals surface area contributed by atoms with Gasteiger partial charge in [-0.25, -0.2) is 13.1 Å². The van der Waals surface area contributed by atoms with Gasteiger partial charge in [0.2, 0.25) is 10.0 Å². The molecule has 1 atom stereocenters. The number of methoxy groups -OCH3 is 2. The SMILES string of the molecule is COCC(CNS(=O)(=O)c1c(C)csc1CN)OC. The van der Waals surface area contributed by atoms with Gasteiger partial charge in [-0.3, -0.25) is 0 Å². The van der Waals surface area contributed by atoms with Crippen LogP contribution >= 0.6 is 11.3 Å². The molecule has 0 fully saturated rings. The van der Waals surface area contributed by atoms with Crippen LogP contribution in [0.4, 0.5) is 0 Å². The minimum Gasteiger partial charge on any atom is -0.382 e. The summed E-state index contributed by atoms with van der Waals surface area (Å²) in [6, 6.07) is 0. The Kier molecular flexibility index (Phi) is 6.37. The highest BCUT2D eigenvalue weighted by Gasteiger charge is 2.23. The molecule has 0 radical (unpaired) electrons. The van der Waals surface area contributed by atoms with E-state index >= 15 is 0 Å². The van der Waals surface area contributed by atoms with Gasteiger partial charge in [0.25, 0.3) is 0 Å². The third-order valence-corrected chi connectivity index (χ3v) is 5.54. The summed E-state index contributed by atoms with van der Waals surface area (Å²) < 4.78 is 37.1. The second kappa shape index (κ2) is 7.32. The summed E-state index contributed by atoms with van der Waals surface area (Å²) in [6.07, 6.45) is -0.319. The summed E-state index contributed by atoms with van der Waals surface area (Å²) in [6.45, 7) is 2.45. The van der Waals surface area contributed by atoms with E-state index in [1.165, 1.54) is 25.6 Å². The molecule has 0 saturated carbocycles. The van der Waals surface area contributed by atoms with Gasteiger partial charge in [0.1, 0.15) is 4.90 Å². The Morgan fingerprint density at radius 2 is 2.16 bits per heavy atom. The number of nitrogens with one attached hydrogen (secondary N) is 1. The first-order chi connectivity index (χ1) is 8.96. The zero-order valence-electron chi connectivity index (χ0n) is 11.3. The van der Waals surface area contributed by atoms with E-state index in [-0.39, 0.29) is 24.1 Å². The van der Waals surface area contributed by atoms with E-state index in [4.69, 9.17) is 15.2 Å². The average Bonchev–Trinajstić information content (AvgIpc) is 2.76. The number of nitrogens with two attached hydrogens (primary N) is 1. The van der Waals surface area contributed by atoms with Crippen LogP contribution in [0.2, 0.25) is 0 Å². The molecule has 1 aromatic heterocycles. The Balaban J connectivity index is 2.83. The van der Waals surface area contributed by atoms with Gasteiger partial charge in [0.15, 0.2) is 0 Å². The molecule has 0 aliphatic carbocycles. The molecule has 3 N–H and O–H groups in total. The highest BCUT2D eigenvalue weighted by atomic mass is 32.2. The molecule has 0 aliphatic rings. The van der Waals surface area contributed by atoms with E-state index in [1.807, 2.05) is 0 Å². The Bertz CT molecular complexity index is 499. The fraction of sp³-hybridized carbons (Fsp3) is 0.636. The maximum atomic E-state index is 12.3. The summed E-state index contributed by atoms with van der Waals surface area (Å²) in [5, 5.41) is 1.79. The lowest BCUT2D eigenvalue weighted by Crippen LogP contribution is -2.36. The summed E-state index contributed by atoms with van der Waals surface area (Å²) in [4.78, 5) is 0.943. The van der Waals surface area contributed by atoms with E-state index < -0.39 is 10.0 Å². The number of hydrogen-bond acceptors (Lipinski definition) is 6. The number of aryl methyl sites for hydroxylation is 1. The maximum absolute atomic E-state index is 12.3. The Morgan fingerprint density at radius 1 is 1.47 bits per heavy atom. The van der Waals surface area contributed by atoms with Crippen molar-refractivity contribution >= 4 is 21.4 Å². The zero-order chi connectivity index (χ0) is 14.5. The molecule has 0 saturated heterocycles. The Labute approximate surface area is 118 Å². The summed E-state index contributed by atoms with van der Waals surface area (Å²) in [7, 11) is -0.518. The molecule has 8 heteroatoms. The van der Waals surface area contributed by atoms with Gasteiger partial charge in [-0.15, -0.1) is 11.3 Å². The molecule has 0 spiro atoms. The monoisotopic (exact) mass is 308 g/mol. The number of sulfonamides is 1. The second-order valence-electron chi connectivity index (χ2n) is 4.04. The van der Waals surface area contributed by atoms with Crippen LogP contribution in [0.3, 0.4) is 0 Å². The van der Waals surface area contributed by atoms with Gasteiger partial charge in [-0.2, -0.15) is 0 Å². The smallest absolute Gasteiger partial charge is 0.242 e. The van der Waals surface area contributed by atoms with E-state index in [2.05, 4.69) is 4.72 Å². The molecule has 110 valence electrons. The first kappa shape index (κ1) is 16.5. The fourth-order valence-electron chi connectivity index (χ4n) is 1.66. The van der Waals surface area contributed by atoms with Crippen LogP contribution in [0.1, 0.15) is 10.4 Å². The van der Waals surface area contributed by atoms with Crippen molar-refractivity contribution in [1.82, 2.24) is 4.72 Å². The van der Waals surface area contributed by atoms with Crippen molar-refractivity contribution < 1.29 is 17.9 Å². The highest BCUT2D eigenvalue weighted by Crippen LogP contribution is 2.26. The van der Waals surface area contributed by atoms with Gasteiger partial charge >= 0.3 is 0 Å². The van der Waals surface area contributed by atoms with Crippen molar-refractivity contribution in [2.24, 2.45) is 5.73 Å². The minimum absolute atomic E-state index is 0.159. The van der Waals surface area contributed by atoms with Crippen LogP contribution in [0.25, 0.3) is 0 Å². The standard InChI is InChI=1S/C11H20N2O4S2/c1-8-7-18-10(4-12)11(8)19(14,15)13-5-9(17-3)6-16-2/h7,9,13H,4-6,12H2,1-3H3. The molecule has 6 nitrogen and oxygen atoms in total. The first-order valence-electron chi connectivity index (χ1n) is 5.74. The van der Waals surface area contributed by atoms with Gasteiger partial charge in [0, 0.05) is 32.2 Å². The van der Waals surface area contributed by atoms with Gasteiger partial charge < -0.3 is 15.2 Å². The second-order valence-corrected chi connectivity index (χ2v) is 6.71. The average molecular weight is 308 g/mol. The molecule has 1 rings (SSSR count). The van der Waals surface area contributed by atoms with Crippen LogP contribution in [0.5, 0.6) is 0 Å². The van der Waals surface area contributed by atoms with Gasteiger partial charge in [-0.05, 0) is 17.9 Å². The molecule has 0 aromatic carbocycles. The van der Waals surface area contributed by atoms with E-state index in [0.29, 0.717) is 17.0 Å². The molecule has 0 amide bonds. The first-order valence-corrected chi connectivity index (χ1v) is 8.11. The molecule has 0 aliphatic heterocycles. The van der Waals surface area contributed by atoms with E-state index in [1.54, 1.807) is 12.3 Å². The normalized spacial score (nSPS) is 13.7. The molecule has 0 bridgehead atoms. The van der Waals surface area contributed by atoms with Crippen molar-refractivity contribution in [2.45, 2.75) is 24.5 Å². The lowest BCUT2D eigenvalue weighted by atomic mass is 10.3. The highest BCUT2D eigenvalue weighted by molar-refractivity contribution is 7.89. The number of hydrogen-bond donors (Lipinski definition) is 2. The number of rotatable bonds is 8. The Hall–Kier alpha value is -0.510. The summed E-state index contributed by atoms with van der Waals surface area (Å²) in [5.74, 6) is 0. The van der Waals surface area contributed by atoms with Crippen LogP contribution < -0.4 is 10.5 Å².